The van der Waals surface area contributed by atoms with Crippen LogP contribution < -0.4 is 0 Å². The third-order valence-electron chi connectivity index (χ3n) is 4.36. The van der Waals surface area contributed by atoms with Crippen LogP contribution in [0.2, 0.25) is 10.6 Å². The van der Waals surface area contributed by atoms with E-state index >= 15 is 0 Å². The summed E-state index contributed by atoms with van der Waals surface area (Å²) in [6, 6.07) is 0. The molecule has 0 fully saturated rings. The van der Waals surface area contributed by atoms with Crippen LogP contribution in [-0.4, -0.2) is 26.3 Å². The number of allylic oxidation sites excluding steroid dienone is 2. The van der Waals surface area contributed by atoms with Crippen molar-refractivity contribution in [1.29, 1.82) is 0 Å². The van der Waals surface area contributed by atoms with E-state index < -0.39 is 0 Å². The van der Waals surface area contributed by atoms with E-state index in [0.717, 1.165) is 26.3 Å². The minimum absolute atomic E-state index is 1.00. The van der Waals surface area contributed by atoms with Gasteiger partial charge in [-0.15, -0.1) is 0 Å². The van der Waals surface area contributed by atoms with E-state index in [4.69, 9.17) is 0 Å². The standard InChI is InChI=1S/C22H42Se2/c1-3-5-7-9-11-13-15-17-19-21-23-24-22-20-18-16-14-12-10-8-6-4-2/h3-4H,1-2,5-22H2. The molecule has 142 valence electrons. The number of rotatable bonds is 21. The first kappa shape index (κ1) is 24.5. The first-order valence-corrected chi connectivity index (χ1v) is 17.1. The normalized spacial score (nSPS) is 10.8. The van der Waals surface area contributed by atoms with Gasteiger partial charge in [0.2, 0.25) is 0 Å². The molecule has 0 aromatic rings. The summed E-state index contributed by atoms with van der Waals surface area (Å²) < 4.78 is 0. The zero-order valence-electron chi connectivity index (χ0n) is 16.1. The van der Waals surface area contributed by atoms with Crippen molar-refractivity contribution < 1.29 is 0 Å². The summed E-state index contributed by atoms with van der Waals surface area (Å²) in [6.07, 6.45) is 26.8. The summed E-state index contributed by atoms with van der Waals surface area (Å²) in [4.78, 5) is 0. The van der Waals surface area contributed by atoms with Gasteiger partial charge in [0.05, 0.1) is 0 Å². The molecule has 0 atom stereocenters. The van der Waals surface area contributed by atoms with Crippen molar-refractivity contribution in [2.24, 2.45) is 0 Å². The van der Waals surface area contributed by atoms with Crippen molar-refractivity contribution in [1.82, 2.24) is 0 Å². The molecule has 0 aliphatic heterocycles. The van der Waals surface area contributed by atoms with Crippen LogP contribution in [0.5, 0.6) is 0 Å². The SMILES string of the molecule is C=CCCCCCCCCC[Se][Se]CCCCCCCCCC=C. The van der Waals surface area contributed by atoms with Gasteiger partial charge in [0.1, 0.15) is 0 Å². The fourth-order valence-electron chi connectivity index (χ4n) is 2.78. The predicted molar refractivity (Wildman–Crippen MR) is 115 cm³/mol. The van der Waals surface area contributed by atoms with Crippen molar-refractivity contribution in [3.63, 3.8) is 0 Å². The molecule has 0 radical (unpaired) electrons. The quantitative estimate of drug-likeness (QED) is 0.0925. The van der Waals surface area contributed by atoms with E-state index in [2.05, 4.69) is 25.3 Å². The molecular formula is C22H42Se2. The van der Waals surface area contributed by atoms with E-state index in [9.17, 15) is 0 Å². The molecule has 0 spiro atoms. The van der Waals surface area contributed by atoms with Crippen molar-refractivity contribution in [2.75, 3.05) is 0 Å². The molecule has 0 N–H and O–H groups in total. The number of hydrogen-bond donors (Lipinski definition) is 0. The van der Waals surface area contributed by atoms with Crippen LogP contribution in [-0.2, 0) is 0 Å². The summed E-state index contributed by atoms with van der Waals surface area (Å²) in [6.45, 7) is 7.56. The molecule has 0 unspecified atom stereocenters. The van der Waals surface area contributed by atoms with Gasteiger partial charge >= 0.3 is 165 Å². The molecule has 0 aromatic carbocycles. The predicted octanol–water partition coefficient (Wildman–Crippen LogP) is 7.76. The summed E-state index contributed by atoms with van der Waals surface area (Å²) in [5, 5.41) is 3.12. The van der Waals surface area contributed by atoms with E-state index in [1.807, 2.05) is 0 Å². The zero-order valence-corrected chi connectivity index (χ0v) is 19.5. The Morgan fingerprint density at radius 1 is 0.417 bits per heavy atom. The summed E-state index contributed by atoms with van der Waals surface area (Å²) in [7, 11) is 0. The van der Waals surface area contributed by atoms with Gasteiger partial charge in [-0.3, -0.25) is 0 Å². The fraction of sp³-hybridized carbons (Fsp3) is 0.818. The maximum atomic E-state index is 3.78. The van der Waals surface area contributed by atoms with Crippen molar-refractivity contribution in [3.05, 3.63) is 25.3 Å². The third kappa shape index (κ3) is 22.5. The Bertz CT molecular complexity index is 224. The molecule has 0 amide bonds. The maximum absolute atomic E-state index is 3.78. The summed E-state index contributed by atoms with van der Waals surface area (Å²) in [5.41, 5.74) is 0. The van der Waals surface area contributed by atoms with Crippen LogP contribution in [0.4, 0.5) is 0 Å². The van der Waals surface area contributed by atoms with Gasteiger partial charge in [-0.1, -0.05) is 0 Å². The molecule has 0 aromatic heterocycles. The van der Waals surface area contributed by atoms with Crippen LogP contribution in [0.25, 0.3) is 0 Å². The fourth-order valence-corrected chi connectivity index (χ4v) is 9.77. The van der Waals surface area contributed by atoms with E-state index in [0.29, 0.717) is 0 Å². The van der Waals surface area contributed by atoms with Crippen LogP contribution in [0.15, 0.2) is 25.3 Å². The zero-order chi connectivity index (χ0) is 17.6. The minimum atomic E-state index is 1.00. The molecule has 0 saturated heterocycles. The molecule has 24 heavy (non-hydrogen) atoms. The van der Waals surface area contributed by atoms with Crippen LogP contribution in [0.1, 0.15) is 103 Å². The Labute approximate surface area is 164 Å². The Balaban J connectivity index is 2.95. The Morgan fingerprint density at radius 3 is 1.04 bits per heavy atom. The third-order valence-corrected chi connectivity index (χ3v) is 12.1. The molecule has 0 bridgehead atoms. The average Bonchev–Trinajstić information content (AvgIpc) is 2.60. The molecule has 0 heterocycles. The topological polar surface area (TPSA) is 0 Å². The summed E-state index contributed by atoms with van der Waals surface area (Å²) >= 11 is 2.00. The Hall–Kier alpha value is 0.519. The molecule has 0 aliphatic carbocycles. The molecule has 0 nitrogen and oxygen atoms in total. The summed E-state index contributed by atoms with van der Waals surface area (Å²) in [5.74, 6) is 0. The van der Waals surface area contributed by atoms with Crippen LogP contribution in [0.3, 0.4) is 0 Å². The number of unbranched alkanes of at least 4 members (excludes halogenated alkanes) is 14. The molecule has 0 saturated carbocycles. The van der Waals surface area contributed by atoms with E-state index in [-0.39, 0.29) is 0 Å². The molecule has 2 heteroatoms. The van der Waals surface area contributed by atoms with Gasteiger partial charge in [-0.2, -0.15) is 0 Å². The Kier molecular flexibility index (Phi) is 24.0. The van der Waals surface area contributed by atoms with Crippen LogP contribution in [0, 0.1) is 0 Å². The first-order valence-electron chi connectivity index (χ1n) is 10.4. The number of hydrogen-bond acceptors (Lipinski definition) is 0. The average molecular weight is 464 g/mol. The first-order chi connectivity index (χ1) is 11.9. The molecular weight excluding hydrogens is 422 g/mol. The second-order valence-corrected chi connectivity index (χ2v) is 14.6. The van der Waals surface area contributed by atoms with Crippen molar-refractivity contribution in [2.45, 2.75) is 113 Å². The molecule has 0 rings (SSSR count). The van der Waals surface area contributed by atoms with E-state index in [1.165, 1.54) is 103 Å². The molecule has 0 aliphatic rings. The van der Waals surface area contributed by atoms with Gasteiger partial charge in [-0.25, -0.2) is 0 Å². The van der Waals surface area contributed by atoms with Crippen LogP contribution >= 0.6 is 0 Å². The van der Waals surface area contributed by atoms with Crippen molar-refractivity contribution >= 4 is 26.3 Å². The second kappa shape index (κ2) is 23.5. The van der Waals surface area contributed by atoms with Gasteiger partial charge in [0, 0.05) is 0 Å². The van der Waals surface area contributed by atoms with Gasteiger partial charge in [-0.05, 0) is 0 Å². The van der Waals surface area contributed by atoms with Crippen molar-refractivity contribution in [3.8, 4) is 0 Å². The van der Waals surface area contributed by atoms with E-state index in [1.54, 1.807) is 10.6 Å². The monoisotopic (exact) mass is 466 g/mol. The van der Waals surface area contributed by atoms with Gasteiger partial charge in [0.25, 0.3) is 0 Å². The Morgan fingerprint density at radius 2 is 0.708 bits per heavy atom. The van der Waals surface area contributed by atoms with Gasteiger partial charge in [0.15, 0.2) is 0 Å². The second-order valence-electron chi connectivity index (χ2n) is 6.75. The van der Waals surface area contributed by atoms with Gasteiger partial charge < -0.3 is 0 Å².